The van der Waals surface area contributed by atoms with Gasteiger partial charge in [-0.3, -0.25) is 4.99 Å². The largest absolute Gasteiger partial charge is 0.496 e. The Hall–Kier alpha value is -3.09. The molecule has 0 unspecified atom stereocenters. The van der Waals surface area contributed by atoms with Gasteiger partial charge < -0.3 is 29.3 Å². The summed E-state index contributed by atoms with van der Waals surface area (Å²) in [6, 6.07) is 14.3. The number of para-hydroxylation sites is 1. The van der Waals surface area contributed by atoms with Crippen molar-refractivity contribution in [3.05, 3.63) is 48.0 Å². The number of guanidine groups is 1. The Morgan fingerprint density at radius 1 is 0.897 bits per heavy atom. The van der Waals surface area contributed by atoms with E-state index in [9.17, 15) is 0 Å². The molecule has 1 aliphatic rings. The normalized spacial score (nSPS) is 14.6. The number of hydrogen-bond acceptors (Lipinski definition) is 5. The molecule has 156 valence electrons. The van der Waals surface area contributed by atoms with Gasteiger partial charge >= 0.3 is 0 Å². The maximum Gasteiger partial charge on any atom is 0.194 e. The second kappa shape index (κ2) is 9.91. The van der Waals surface area contributed by atoms with E-state index in [0.717, 1.165) is 43.5 Å². The molecule has 29 heavy (non-hydrogen) atoms. The van der Waals surface area contributed by atoms with E-state index >= 15 is 0 Å². The van der Waals surface area contributed by atoms with Crippen molar-refractivity contribution < 1.29 is 14.2 Å². The molecule has 1 N–H and O–H groups in total. The molecule has 2 aromatic carbocycles. The lowest BCUT2D eigenvalue weighted by atomic mass is 10.1. The Morgan fingerprint density at radius 2 is 1.52 bits per heavy atom. The third kappa shape index (κ3) is 4.85. The molecule has 1 fully saturated rings. The minimum atomic E-state index is 0.578. The molecule has 1 aliphatic heterocycles. The molecule has 0 spiro atoms. The first kappa shape index (κ1) is 20.6. The second-order valence-electron chi connectivity index (χ2n) is 6.73. The first-order chi connectivity index (χ1) is 14.2. The molecular formula is C22H30N4O3. The van der Waals surface area contributed by atoms with E-state index in [-0.39, 0.29) is 0 Å². The Balaban J connectivity index is 1.63. The molecule has 1 heterocycles. The Labute approximate surface area is 172 Å². The molecule has 0 aromatic heterocycles. The first-order valence-electron chi connectivity index (χ1n) is 9.74. The molecule has 0 aliphatic carbocycles. The van der Waals surface area contributed by atoms with E-state index in [2.05, 4.69) is 44.4 Å². The van der Waals surface area contributed by atoms with Crippen molar-refractivity contribution >= 4 is 11.6 Å². The molecular weight excluding hydrogens is 368 g/mol. The van der Waals surface area contributed by atoms with Gasteiger partial charge in [-0.2, -0.15) is 0 Å². The van der Waals surface area contributed by atoms with Crippen LogP contribution in [0.2, 0.25) is 0 Å². The SMILES string of the molecule is CN=C(NCc1cc(OC)c(OC)cc1OC)N1CCN(c2ccccc2)CC1. The molecule has 0 saturated carbocycles. The lowest BCUT2D eigenvalue weighted by Crippen LogP contribution is -2.52. The van der Waals surface area contributed by atoms with E-state index in [1.165, 1.54) is 5.69 Å². The van der Waals surface area contributed by atoms with Gasteiger partial charge in [0.1, 0.15) is 5.75 Å². The summed E-state index contributed by atoms with van der Waals surface area (Å²) in [6.07, 6.45) is 0. The Morgan fingerprint density at radius 3 is 2.10 bits per heavy atom. The zero-order valence-corrected chi connectivity index (χ0v) is 17.6. The van der Waals surface area contributed by atoms with E-state index < -0.39 is 0 Å². The number of benzene rings is 2. The summed E-state index contributed by atoms with van der Waals surface area (Å²) in [7, 11) is 6.72. The number of anilines is 1. The van der Waals surface area contributed by atoms with Crippen LogP contribution in [0.4, 0.5) is 5.69 Å². The molecule has 3 rings (SSSR count). The molecule has 7 heteroatoms. The average Bonchev–Trinajstić information content (AvgIpc) is 2.80. The van der Waals surface area contributed by atoms with Crippen molar-refractivity contribution in [1.82, 2.24) is 10.2 Å². The summed E-state index contributed by atoms with van der Waals surface area (Å²) in [6.45, 7) is 4.33. The summed E-state index contributed by atoms with van der Waals surface area (Å²) in [4.78, 5) is 9.16. The van der Waals surface area contributed by atoms with Crippen LogP contribution in [0.3, 0.4) is 0 Å². The van der Waals surface area contributed by atoms with Crippen LogP contribution in [-0.2, 0) is 6.54 Å². The number of hydrogen-bond donors (Lipinski definition) is 1. The topological polar surface area (TPSA) is 58.6 Å². The van der Waals surface area contributed by atoms with E-state index in [4.69, 9.17) is 14.2 Å². The third-order valence-electron chi connectivity index (χ3n) is 5.14. The zero-order valence-electron chi connectivity index (χ0n) is 17.6. The second-order valence-corrected chi connectivity index (χ2v) is 6.73. The van der Waals surface area contributed by atoms with Gasteiger partial charge in [0.15, 0.2) is 17.5 Å². The third-order valence-corrected chi connectivity index (χ3v) is 5.14. The van der Waals surface area contributed by atoms with Crippen molar-refractivity contribution in [2.24, 2.45) is 4.99 Å². The van der Waals surface area contributed by atoms with Gasteiger partial charge in [-0.05, 0) is 18.2 Å². The fourth-order valence-corrected chi connectivity index (χ4v) is 3.55. The number of rotatable bonds is 6. The van der Waals surface area contributed by atoms with Crippen molar-refractivity contribution in [3.8, 4) is 17.2 Å². The number of piperazine rings is 1. The van der Waals surface area contributed by atoms with Crippen LogP contribution in [0.15, 0.2) is 47.5 Å². The smallest absolute Gasteiger partial charge is 0.194 e. The highest BCUT2D eigenvalue weighted by atomic mass is 16.5. The maximum absolute atomic E-state index is 5.53. The summed E-state index contributed by atoms with van der Waals surface area (Å²) < 4.78 is 16.3. The zero-order chi connectivity index (χ0) is 20.6. The Bertz CT molecular complexity index is 818. The van der Waals surface area contributed by atoms with Crippen molar-refractivity contribution in [2.75, 3.05) is 59.5 Å². The molecule has 1 saturated heterocycles. The highest BCUT2D eigenvalue weighted by Gasteiger charge is 2.20. The fourth-order valence-electron chi connectivity index (χ4n) is 3.55. The van der Waals surface area contributed by atoms with Gasteiger partial charge in [-0.1, -0.05) is 18.2 Å². The highest BCUT2D eigenvalue weighted by Crippen LogP contribution is 2.34. The van der Waals surface area contributed by atoms with Crippen LogP contribution in [-0.4, -0.2) is 65.4 Å². The summed E-state index contributed by atoms with van der Waals surface area (Å²) in [5.74, 6) is 2.96. The minimum absolute atomic E-state index is 0.578. The first-order valence-corrected chi connectivity index (χ1v) is 9.74. The van der Waals surface area contributed by atoms with Gasteiger partial charge in [-0.25, -0.2) is 0 Å². The number of aliphatic imine (C=N–C) groups is 1. The van der Waals surface area contributed by atoms with Gasteiger partial charge in [0.05, 0.1) is 21.3 Å². The summed E-state index contributed by atoms with van der Waals surface area (Å²) in [5.41, 5.74) is 2.25. The lowest BCUT2D eigenvalue weighted by molar-refractivity contribution is 0.346. The van der Waals surface area contributed by atoms with Crippen LogP contribution in [0.1, 0.15) is 5.56 Å². The molecule has 0 radical (unpaired) electrons. The predicted molar refractivity (Wildman–Crippen MR) is 117 cm³/mol. The van der Waals surface area contributed by atoms with Crippen molar-refractivity contribution in [3.63, 3.8) is 0 Å². The quantitative estimate of drug-likeness (QED) is 0.596. The minimum Gasteiger partial charge on any atom is -0.496 e. The monoisotopic (exact) mass is 398 g/mol. The van der Waals surface area contributed by atoms with Crippen LogP contribution >= 0.6 is 0 Å². The molecule has 2 aromatic rings. The average molecular weight is 399 g/mol. The standard InChI is InChI=1S/C22H30N4O3/c1-23-22(26-12-10-25(11-13-26)18-8-6-5-7-9-18)24-16-17-14-20(28-3)21(29-4)15-19(17)27-2/h5-9,14-15H,10-13,16H2,1-4H3,(H,23,24). The summed E-state index contributed by atoms with van der Waals surface area (Å²) >= 11 is 0. The molecule has 0 bridgehead atoms. The van der Waals surface area contributed by atoms with Crippen LogP contribution in [0, 0.1) is 0 Å². The van der Waals surface area contributed by atoms with Gasteiger partial charge in [-0.15, -0.1) is 0 Å². The molecule has 0 amide bonds. The maximum atomic E-state index is 5.53. The highest BCUT2D eigenvalue weighted by molar-refractivity contribution is 5.80. The lowest BCUT2D eigenvalue weighted by Gasteiger charge is -2.37. The fraction of sp³-hybridized carbons (Fsp3) is 0.409. The molecule has 0 atom stereocenters. The van der Waals surface area contributed by atoms with Crippen LogP contribution in [0.25, 0.3) is 0 Å². The predicted octanol–water partition coefficient (Wildman–Crippen LogP) is 2.61. The van der Waals surface area contributed by atoms with Gasteiger partial charge in [0.25, 0.3) is 0 Å². The van der Waals surface area contributed by atoms with Gasteiger partial charge in [0, 0.05) is 57.1 Å². The van der Waals surface area contributed by atoms with Crippen LogP contribution < -0.4 is 24.4 Å². The summed E-state index contributed by atoms with van der Waals surface area (Å²) in [5, 5.41) is 3.45. The molecule has 7 nitrogen and oxygen atoms in total. The van der Waals surface area contributed by atoms with Crippen molar-refractivity contribution in [1.29, 1.82) is 0 Å². The van der Waals surface area contributed by atoms with E-state index in [0.29, 0.717) is 18.0 Å². The van der Waals surface area contributed by atoms with E-state index in [1.54, 1.807) is 21.3 Å². The number of methoxy groups -OCH3 is 3. The van der Waals surface area contributed by atoms with E-state index in [1.807, 2.05) is 25.2 Å². The van der Waals surface area contributed by atoms with Crippen LogP contribution in [0.5, 0.6) is 17.2 Å². The number of ether oxygens (including phenoxy) is 3. The van der Waals surface area contributed by atoms with Crippen molar-refractivity contribution in [2.45, 2.75) is 6.54 Å². The number of nitrogens with one attached hydrogen (secondary N) is 1. The van der Waals surface area contributed by atoms with Gasteiger partial charge in [0.2, 0.25) is 0 Å². The number of nitrogens with zero attached hydrogens (tertiary/aromatic N) is 3. The Kier molecular flexibility index (Phi) is 7.05.